The molecule has 0 amide bonds. The van der Waals surface area contributed by atoms with E-state index in [1.165, 1.54) is 5.56 Å². The molecule has 1 aromatic rings. The summed E-state index contributed by atoms with van der Waals surface area (Å²) in [5.74, 6) is 1.35. The lowest BCUT2D eigenvalue weighted by Crippen LogP contribution is -2.08. The molecule has 1 aromatic carbocycles. The minimum absolute atomic E-state index is 0.271. The van der Waals surface area contributed by atoms with Crippen molar-refractivity contribution in [2.24, 2.45) is 0 Å². The van der Waals surface area contributed by atoms with E-state index in [9.17, 15) is 0 Å². The van der Waals surface area contributed by atoms with Crippen LogP contribution in [0.1, 0.15) is 25.3 Å². The van der Waals surface area contributed by atoms with Crippen molar-refractivity contribution >= 4 is 0 Å². The Balaban J connectivity index is 2.41. The molecule has 1 rings (SSSR count). The number of benzene rings is 1. The lowest BCUT2D eigenvalue weighted by molar-refractivity contribution is -0.00894. The normalized spacial score (nSPS) is 10.8. The largest absolute Gasteiger partial charge is 0.467 e. The van der Waals surface area contributed by atoms with Gasteiger partial charge in [0.05, 0.1) is 13.2 Å². The van der Waals surface area contributed by atoms with Crippen molar-refractivity contribution in [1.29, 1.82) is 0 Å². The van der Waals surface area contributed by atoms with Crippen molar-refractivity contribution in [2.75, 3.05) is 27.1 Å². The zero-order valence-corrected chi connectivity index (χ0v) is 10.2. The van der Waals surface area contributed by atoms with Crippen LogP contribution < -0.4 is 4.74 Å². The lowest BCUT2D eigenvalue weighted by atomic mass is 10.0. The molecule has 0 saturated heterocycles. The van der Waals surface area contributed by atoms with Crippen LogP contribution >= 0.6 is 0 Å². The van der Waals surface area contributed by atoms with Gasteiger partial charge in [-0.3, -0.25) is 0 Å². The van der Waals surface area contributed by atoms with Crippen molar-refractivity contribution in [3.63, 3.8) is 0 Å². The van der Waals surface area contributed by atoms with Gasteiger partial charge in [0.15, 0.2) is 6.79 Å². The topological polar surface area (TPSA) is 27.7 Å². The number of rotatable bonds is 7. The highest BCUT2D eigenvalue weighted by Crippen LogP contribution is 2.25. The number of ether oxygens (including phenoxy) is 3. The summed E-state index contributed by atoms with van der Waals surface area (Å²) in [4.78, 5) is 0. The average Bonchev–Trinajstić information content (AvgIpc) is 2.29. The Kier molecular flexibility index (Phi) is 5.90. The Morgan fingerprint density at radius 1 is 1.12 bits per heavy atom. The molecular weight excluding hydrogens is 204 g/mol. The molecular formula is C13H20O3. The first kappa shape index (κ1) is 13.0. The molecule has 0 bridgehead atoms. The highest BCUT2D eigenvalue weighted by molar-refractivity contribution is 5.35. The third-order valence-corrected chi connectivity index (χ3v) is 2.27. The summed E-state index contributed by atoms with van der Waals surface area (Å²) >= 11 is 0. The lowest BCUT2D eigenvalue weighted by Gasteiger charge is -2.13. The van der Waals surface area contributed by atoms with E-state index in [0.29, 0.717) is 19.1 Å². The first-order chi connectivity index (χ1) is 7.75. The highest BCUT2D eigenvalue weighted by atomic mass is 16.7. The van der Waals surface area contributed by atoms with E-state index in [1.807, 2.05) is 18.2 Å². The third-order valence-electron chi connectivity index (χ3n) is 2.27. The Labute approximate surface area is 97.3 Å². The molecule has 90 valence electrons. The van der Waals surface area contributed by atoms with Crippen LogP contribution in [0.2, 0.25) is 0 Å². The van der Waals surface area contributed by atoms with Crippen LogP contribution in [0.5, 0.6) is 5.75 Å². The Morgan fingerprint density at radius 3 is 2.56 bits per heavy atom. The Bertz CT molecular complexity index is 297. The maximum Gasteiger partial charge on any atom is 0.189 e. The fraction of sp³-hybridized carbons (Fsp3) is 0.538. The van der Waals surface area contributed by atoms with Crippen molar-refractivity contribution in [2.45, 2.75) is 19.8 Å². The summed E-state index contributed by atoms with van der Waals surface area (Å²) in [5.41, 5.74) is 1.21. The van der Waals surface area contributed by atoms with Crippen molar-refractivity contribution in [1.82, 2.24) is 0 Å². The maximum absolute atomic E-state index is 5.57. The first-order valence-electron chi connectivity index (χ1n) is 5.54. The molecule has 0 saturated carbocycles. The molecule has 0 atom stereocenters. The fourth-order valence-corrected chi connectivity index (χ4v) is 1.40. The van der Waals surface area contributed by atoms with Gasteiger partial charge in [-0.2, -0.15) is 0 Å². The molecule has 0 radical (unpaired) electrons. The second-order valence-electron chi connectivity index (χ2n) is 3.86. The molecule has 0 spiro atoms. The van der Waals surface area contributed by atoms with Crippen LogP contribution in [0.15, 0.2) is 24.3 Å². The van der Waals surface area contributed by atoms with Gasteiger partial charge >= 0.3 is 0 Å². The summed E-state index contributed by atoms with van der Waals surface area (Å²) < 4.78 is 15.7. The van der Waals surface area contributed by atoms with E-state index in [2.05, 4.69) is 19.9 Å². The summed E-state index contributed by atoms with van der Waals surface area (Å²) in [7, 11) is 1.65. The quantitative estimate of drug-likeness (QED) is 0.526. The monoisotopic (exact) mass is 224 g/mol. The zero-order chi connectivity index (χ0) is 11.8. The summed E-state index contributed by atoms with van der Waals surface area (Å²) in [6, 6.07) is 8.04. The van der Waals surface area contributed by atoms with Gasteiger partial charge in [0.1, 0.15) is 5.75 Å². The predicted octanol–water partition coefficient (Wildman–Crippen LogP) is 2.81. The van der Waals surface area contributed by atoms with Crippen molar-refractivity contribution in [3.8, 4) is 5.75 Å². The minimum Gasteiger partial charge on any atom is -0.467 e. The van der Waals surface area contributed by atoms with Crippen LogP contribution in [0, 0.1) is 0 Å². The molecule has 0 heterocycles. The van der Waals surface area contributed by atoms with Gasteiger partial charge in [0.2, 0.25) is 0 Å². The van der Waals surface area contributed by atoms with Crippen molar-refractivity contribution in [3.05, 3.63) is 29.8 Å². The van der Waals surface area contributed by atoms with Crippen LogP contribution in [-0.4, -0.2) is 27.1 Å². The van der Waals surface area contributed by atoms with E-state index < -0.39 is 0 Å². The highest BCUT2D eigenvalue weighted by Gasteiger charge is 2.06. The molecule has 3 heteroatoms. The van der Waals surface area contributed by atoms with Crippen LogP contribution in [-0.2, 0) is 9.47 Å². The SMILES string of the molecule is COCCOCOc1ccccc1C(C)C. The molecule has 0 unspecified atom stereocenters. The second-order valence-corrected chi connectivity index (χ2v) is 3.86. The standard InChI is InChI=1S/C13H20O3/c1-11(2)12-6-4-5-7-13(12)16-10-15-9-8-14-3/h4-7,11H,8-10H2,1-3H3. The van der Waals surface area contributed by atoms with Gasteiger partial charge in [0.25, 0.3) is 0 Å². The molecule has 0 fully saturated rings. The second kappa shape index (κ2) is 7.25. The average molecular weight is 224 g/mol. The Hall–Kier alpha value is -1.06. The van der Waals surface area contributed by atoms with Gasteiger partial charge in [0, 0.05) is 7.11 Å². The smallest absolute Gasteiger partial charge is 0.189 e. The van der Waals surface area contributed by atoms with E-state index in [4.69, 9.17) is 14.2 Å². The van der Waals surface area contributed by atoms with Crippen LogP contribution in [0.4, 0.5) is 0 Å². The summed E-state index contributed by atoms with van der Waals surface area (Å²) in [6.45, 7) is 5.71. The van der Waals surface area contributed by atoms with Gasteiger partial charge in [-0.05, 0) is 17.5 Å². The molecule has 0 N–H and O–H groups in total. The van der Waals surface area contributed by atoms with Crippen LogP contribution in [0.25, 0.3) is 0 Å². The van der Waals surface area contributed by atoms with Crippen molar-refractivity contribution < 1.29 is 14.2 Å². The number of para-hydroxylation sites is 1. The number of hydrogen-bond acceptors (Lipinski definition) is 3. The third kappa shape index (κ3) is 4.21. The summed E-state index contributed by atoms with van der Waals surface area (Å²) in [6.07, 6.45) is 0. The molecule has 0 aromatic heterocycles. The van der Waals surface area contributed by atoms with Gasteiger partial charge < -0.3 is 14.2 Å². The molecule has 3 nitrogen and oxygen atoms in total. The first-order valence-corrected chi connectivity index (χ1v) is 5.54. The summed E-state index contributed by atoms with van der Waals surface area (Å²) in [5, 5.41) is 0. The maximum atomic E-state index is 5.57. The van der Waals surface area contributed by atoms with Crippen LogP contribution in [0.3, 0.4) is 0 Å². The van der Waals surface area contributed by atoms with E-state index >= 15 is 0 Å². The molecule has 0 aliphatic heterocycles. The predicted molar refractivity (Wildman–Crippen MR) is 63.9 cm³/mol. The molecule has 0 aliphatic rings. The van der Waals surface area contributed by atoms with Gasteiger partial charge in [-0.25, -0.2) is 0 Å². The minimum atomic E-state index is 0.271. The molecule has 16 heavy (non-hydrogen) atoms. The zero-order valence-electron chi connectivity index (χ0n) is 10.2. The number of hydrogen-bond donors (Lipinski definition) is 0. The number of methoxy groups -OCH3 is 1. The van der Waals surface area contributed by atoms with Gasteiger partial charge in [-0.1, -0.05) is 32.0 Å². The fourth-order valence-electron chi connectivity index (χ4n) is 1.40. The van der Waals surface area contributed by atoms with E-state index in [0.717, 1.165) is 5.75 Å². The Morgan fingerprint density at radius 2 is 1.88 bits per heavy atom. The van der Waals surface area contributed by atoms with E-state index in [-0.39, 0.29) is 6.79 Å². The van der Waals surface area contributed by atoms with Gasteiger partial charge in [-0.15, -0.1) is 0 Å². The molecule has 0 aliphatic carbocycles. The van der Waals surface area contributed by atoms with E-state index in [1.54, 1.807) is 7.11 Å².